The molecule has 1 aliphatic carbocycles. The van der Waals surface area contributed by atoms with Gasteiger partial charge < -0.3 is 9.64 Å². The van der Waals surface area contributed by atoms with E-state index in [1.165, 1.54) is 5.56 Å². The van der Waals surface area contributed by atoms with E-state index in [1.54, 1.807) is 13.3 Å². The van der Waals surface area contributed by atoms with Gasteiger partial charge in [0.1, 0.15) is 5.75 Å². The van der Waals surface area contributed by atoms with Gasteiger partial charge in [0.25, 0.3) is 0 Å². The summed E-state index contributed by atoms with van der Waals surface area (Å²) >= 11 is 0. The first kappa shape index (κ1) is 20.6. The molecule has 1 aliphatic heterocycles. The Morgan fingerprint density at radius 1 is 0.969 bits per heavy atom. The number of fused-ring (bicyclic) bond motifs is 1. The molecule has 5 rings (SSSR count). The molecule has 2 aliphatic rings. The molecule has 0 unspecified atom stereocenters. The van der Waals surface area contributed by atoms with Crippen LogP contribution >= 0.6 is 0 Å². The lowest BCUT2D eigenvalue weighted by molar-refractivity contribution is 0.0962. The van der Waals surface area contributed by atoms with Gasteiger partial charge in [0.15, 0.2) is 5.78 Å². The molecule has 6 nitrogen and oxygen atoms in total. The van der Waals surface area contributed by atoms with Crippen LogP contribution < -0.4 is 9.64 Å². The molecule has 0 amide bonds. The van der Waals surface area contributed by atoms with Crippen LogP contribution in [0.1, 0.15) is 39.5 Å². The molecular formula is C26H28N4O2. The zero-order valence-corrected chi connectivity index (χ0v) is 18.4. The van der Waals surface area contributed by atoms with Crippen molar-refractivity contribution < 1.29 is 9.53 Å². The van der Waals surface area contributed by atoms with Gasteiger partial charge in [-0.3, -0.25) is 9.69 Å². The van der Waals surface area contributed by atoms with Crippen LogP contribution in [0.2, 0.25) is 0 Å². The molecule has 1 aromatic heterocycles. The first-order chi connectivity index (χ1) is 15.7. The van der Waals surface area contributed by atoms with Crippen molar-refractivity contribution in [2.24, 2.45) is 0 Å². The van der Waals surface area contributed by atoms with Crippen LogP contribution in [0, 0.1) is 0 Å². The number of aromatic nitrogens is 2. The van der Waals surface area contributed by atoms with Crippen LogP contribution in [0.3, 0.4) is 0 Å². The average molecular weight is 429 g/mol. The Labute approximate surface area is 188 Å². The summed E-state index contributed by atoms with van der Waals surface area (Å²) in [7, 11) is 1.66. The Hall–Kier alpha value is -3.25. The Kier molecular flexibility index (Phi) is 5.86. The minimum absolute atomic E-state index is 0.131. The number of carbonyl (C=O) groups is 1. The lowest BCUT2D eigenvalue weighted by Gasteiger charge is -2.35. The van der Waals surface area contributed by atoms with E-state index in [-0.39, 0.29) is 11.7 Å². The van der Waals surface area contributed by atoms with Gasteiger partial charge in [0, 0.05) is 45.3 Å². The number of piperazine rings is 1. The highest BCUT2D eigenvalue weighted by Crippen LogP contribution is 2.33. The van der Waals surface area contributed by atoms with Crippen LogP contribution in [-0.4, -0.2) is 53.9 Å². The summed E-state index contributed by atoms with van der Waals surface area (Å²) in [6.45, 7) is 4.70. The molecule has 6 heteroatoms. The number of anilines is 1. The zero-order chi connectivity index (χ0) is 21.9. The third-order valence-electron chi connectivity index (χ3n) is 6.52. The van der Waals surface area contributed by atoms with Gasteiger partial charge in [-0.25, -0.2) is 9.97 Å². The number of Topliss-reactive ketones (excluding diaryl/α,β-unsaturated/α-hetero) is 1. The summed E-state index contributed by atoms with van der Waals surface area (Å²) in [6, 6.07) is 18.6. The maximum Gasteiger partial charge on any atom is 0.225 e. The molecular weight excluding hydrogens is 400 g/mol. The molecule has 32 heavy (non-hydrogen) atoms. The molecule has 0 saturated carbocycles. The van der Waals surface area contributed by atoms with Crippen molar-refractivity contribution in [2.75, 3.05) is 38.2 Å². The Bertz CT molecular complexity index is 1080. The van der Waals surface area contributed by atoms with Crippen LogP contribution in [0.15, 0.2) is 60.8 Å². The maximum absolute atomic E-state index is 12.8. The number of methoxy groups -OCH3 is 1. The predicted octanol–water partition coefficient (Wildman–Crippen LogP) is 3.72. The fourth-order valence-corrected chi connectivity index (χ4v) is 4.65. The van der Waals surface area contributed by atoms with Crippen LogP contribution in [0.25, 0.3) is 0 Å². The van der Waals surface area contributed by atoms with E-state index in [4.69, 9.17) is 9.72 Å². The number of hydrogen-bond donors (Lipinski definition) is 0. The van der Waals surface area contributed by atoms with E-state index in [2.05, 4.69) is 57.2 Å². The first-order valence-electron chi connectivity index (χ1n) is 11.2. The van der Waals surface area contributed by atoms with Crippen molar-refractivity contribution in [2.45, 2.75) is 25.3 Å². The van der Waals surface area contributed by atoms with Crippen LogP contribution in [0.4, 0.5) is 5.95 Å². The molecule has 2 heterocycles. The monoisotopic (exact) mass is 428 g/mol. The minimum atomic E-state index is 0.131. The summed E-state index contributed by atoms with van der Waals surface area (Å²) in [4.78, 5) is 26.9. The number of ketones is 1. The number of benzene rings is 2. The van der Waals surface area contributed by atoms with Crippen molar-refractivity contribution in [3.05, 3.63) is 83.2 Å². The third-order valence-corrected chi connectivity index (χ3v) is 6.52. The topological polar surface area (TPSA) is 58.6 Å². The molecule has 164 valence electrons. The van der Waals surface area contributed by atoms with E-state index in [1.807, 2.05) is 12.1 Å². The number of ether oxygens (including phenoxy) is 1. The molecule has 1 saturated heterocycles. The lowest BCUT2D eigenvalue weighted by Crippen LogP contribution is -2.46. The van der Waals surface area contributed by atoms with E-state index in [9.17, 15) is 4.79 Å². The van der Waals surface area contributed by atoms with Gasteiger partial charge in [-0.15, -0.1) is 0 Å². The average Bonchev–Trinajstić information content (AvgIpc) is 2.85. The van der Waals surface area contributed by atoms with E-state index < -0.39 is 0 Å². The molecule has 0 bridgehead atoms. The van der Waals surface area contributed by atoms with Crippen molar-refractivity contribution in [1.82, 2.24) is 14.9 Å². The minimum Gasteiger partial charge on any atom is -0.497 e. The van der Waals surface area contributed by atoms with Gasteiger partial charge in [0.2, 0.25) is 5.95 Å². The molecule has 2 aromatic carbocycles. The number of hydrogen-bond acceptors (Lipinski definition) is 6. The standard InChI is InChI=1S/C26H28N4O2/c1-32-22-9-7-20(8-10-22)21-15-24-23(25(31)16-21)17-27-26(28-24)30-13-11-29(12-14-30)18-19-5-3-2-4-6-19/h2-10,17,21H,11-16,18H2,1H3/t21-/m1/s1. The second-order valence-corrected chi connectivity index (χ2v) is 8.58. The number of carbonyl (C=O) groups excluding carboxylic acids is 1. The quantitative estimate of drug-likeness (QED) is 0.617. The van der Waals surface area contributed by atoms with Gasteiger partial charge in [-0.2, -0.15) is 0 Å². The molecule has 3 aromatic rings. The van der Waals surface area contributed by atoms with Crippen molar-refractivity contribution in [1.29, 1.82) is 0 Å². The highest BCUT2D eigenvalue weighted by molar-refractivity contribution is 5.98. The van der Waals surface area contributed by atoms with Gasteiger partial charge in [0.05, 0.1) is 18.4 Å². The third kappa shape index (κ3) is 4.36. The molecule has 0 N–H and O–H groups in total. The smallest absolute Gasteiger partial charge is 0.225 e. The Morgan fingerprint density at radius 3 is 2.44 bits per heavy atom. The van der Waals surface area contributed by atoms with Gasteiger partial charge in [-0.05, 0) is 35.6 Å². The predicted molar refractivity (Wildman–Crippen MR) is 124 cm³/mol. The Morgan fingerprint density at radius 2 is 1.72 bits per heavy atom. The SMILES string of the molecule is COc1ccc([C@H]2CC(=O)c3cnc(N4CCN(Cc5ccccc5)CC4)nc3C2)cc1. The number of nitrogens with zero attached hydrogens (tertiary/aromatic N) is 4. The first-order valence-corrected chi connectivity index (χ1v) is 11.2. The van der Waals surface area contributed by atoms with Crippen molar-refractivity contribution in [3.8, 4) is 5.75 Å². The fourth-order valence-electron chi connectivity index (χ4n) is 4.65. The van der Waals surface area contributed by atoms with Crippen molar-refractivity contribution in [3.63, 3.8) is 0 Å². The highest BCUT2D eigenvalue weighted by Gasteiger charge is 2.29. The zero-order valence-electron chi connectivity index (χ0n) is 18.4. The van der Waals surface area contributed by atoms with Crippen molar-refractivity contribution >= 4 is 11.7 Å². The van der Waals surface area contributed by atoms with Gasteiger partial charge >= 0.3 is 0 Å². The maximum atomic E-state index is 12.8. The lowest BCUT2D eigenvalue weighted by atomic mass is 9.82. The fraction of sp³-hybridized carbons (Fsp3) is 0.346. The van der Waals surface area contributed by atoms with Crippen LogP contribution in [0.5, 0.6) is 5.75 Å². The largest absolute Gasteiger partial charge is 0.497 e. The van der Waals surface area contributed by atoms with E-state index in [0.29, 0.717) is 12.0 Å². The summed E-state index contributed by atoms with van der Waals surface area (Å²) in [6.07, 6.45) is 3.00. The molecule has 0 spiro atoms. The second kappa shape index (κ2) is 9.09. The highest BCUT2D eigenvalue weighted by atomic mass is 16.5. The summed E-state index contributed by atoms with van der Waals surface area (Å²) < 4.78 is 5.26. The molecule has 0 radical (unpaired) electrons. The van der Waals surface area contributed by atoms with E-state index in [0.717, 1.165) is 62.1 Å². The van der Waals surface area contributed by atoms with E-state index >= 15 is 0 Å². The number of rotatable bonds is 5. The summed E-state index contributed by atoms with van der Waals surface area (Å²) in [5, 5.41) is 0. The normalized spacial score (nSPS) is 19.0. The van der Waals surface area contributed by atoms with Crippen LogP contribution in [-0.2, 0) is 13.0 Å². The molecule has 1 atom stereocenters. The summed E-state index contributed by atoms with van der Waals surface area (Å²) in [5.41, 5.74) is 4.05. The van der Waals surface area contributed by atoms with Gasteiger partial charge in [-0.1, -0.05) is 42.5 Å². The Balaban J connectivity index is 1.27. The molecule has 1 fully saturated rings. The summed E-state index contributed by atoms with van der Waals surface area (Å²) in [5.74, 6) is 1.84. The second-order valence-electron chi connectivity index (χ2n) is 8.58.